The third-order valence-electron chi connectivity index (χ3n) is 3.01. The van der Waals surface area contributed by atoms with Crippen LogP contribution in [0.3, 0.4) is 0 Å². The average molecular weight is 391 g/mol. The molecule has 2 amide bonds. The molecule has 0 radical (unpaired) electrons. The molecule has 0 atom stereocenters. The maximum atomic E-state index is 12.6. The van der Waals surface area contributed by atoms with Crippen molar-refractivity contribution in [3.63, 3.8) is 0 Å². The van der Waals surface area contributed by atoms with Gasteiger partial charge in [0.05, 0.1) is 4.88 Å². The fourth-order valence-electron chi connectivity index (χ4n) is 2.04. The van der Waals surface area contributed by atoms with Gasteiger partial charge in [-0.15, -0.1) is 0 Å². The minimum Gasteiger partial charge on any atom is -0.443 e. The topological polar surface area (TPSA) is 94.8 Å². The molecule has 1 aromatic heterocycles. The number of nitrogens with zero attached hydrogens (tertiary/aromatic N) is 2. The number of anilines is 2. The number of carbonyl (C=O) groups is 2. The standard InChI is InChI=1S/C19H25N3O4S/c1-18(2,3)25-16(23)22(17(24)26-19(4,5)6)15-21-11-14(27-15)12-8-7-9-13(20)10-12/h7-11H,20H2,1-6H3. The third kappa shape index (κ3) is 5.96. The Labute approximate surface area is 163 Å². The van der Waals surface area contributed by atoms with Gasteiger partial charge in [0.25, 0.3) is 0 Å². The highest BCUT2D eigenvalue weighted by Gasteiger charge is 2.34. The molecule has 0 bridgehead atoms. The lowest BCUT2D eigenvalue weighted by Gasteiger charge is -2.27. The van der Waals surface area contributed by atoms with Gasteiger partial charge >= 0.3 is 12.2 Å². The number of benzene rings is 1. The van der Waals surface area contributed by atoms with E-state index in [9.17, 15) is 9.59 Å². The SMILES string of the molecule is CC(C)(C)OC(=O)N(C(=O)OC(C)(C)C)c1ncc(-c2cccc(N)c2)s1. The maximum absolute atomic E-state index is 12.6. The highest BCUT2D eigenvalue weighted by Crippen LogP contribution is 2.33. The van der Waals surface area contributed by atoms with E-state index >= 15 is 0 Å². The molecule has 146 valence electrons. The molecule has 8 heteroatoms. The monoisotopic (exact) mass is 391 g/mol. The van der Waals surface area contributed by atoms with E-state index in [2.05, 4.69) is 4.98 Å². The predicted molar refractivity (Wildman–Crippen MR) is 107 cm³/mol. The van der Waals surface area contributed by atoms with Gasteiger partial charge in [0.2, 0.25) is 5.13 Å². The fourth-order valence-corrected chi connectivity index (χ4v) is 2.93. The van der Waals surface area contributed by atoms with Crippen LogP contribution in [0.5, 0.6) is 0 Å². The molecule has 2 aromatic rings. The smallest absolute Gasteiger partial charge is 0.426 e. The van der Waals surface area contributed by atoms with Gasteiger partial charge in [-0.1, -0.05) is 23.5 Å². The van der Waals surface area contributed by atoms with Gasteiger partial charge in [-0.3, -0.25) is 0 Å². The Bertz CT molecular complexity index is 806. The Morgan fingerprint density at radius 2 is 1.59 bits per heavy atom. The van der Waals surface area contributed by atoms with Gasteiger partial charge in [-0.05, 0) is 59.2 Å². The van der Waals surface area contributed by atoms with Gasteiger partial charge < -0.3 is 15.2 Å². The van der Waals surface area contributed by atoms with E-state index in [0.29, 0.717) is 5.69 Å². The van der Waals surface area contributed by atoms with Crippen LogP contribution in [0.25, 0.3) is 10.4 Å². The molecule has 0 aliphatic carbocycles. The molecular weight excluding hydrogens is 366 g/mol. The Balaban J connectivity index is 2.38. The minimum absolute atomic E-state index is 0.163. The van der Waals surface area contributed by atoms with Gasteiger partial charge in [0.15, 0.2) is 0 Å². The molecule has 0 unspecified atom stereocenters. The number of nitrogens with two attached hydrogens (primary N) is 1. The van der Waals surface area contributed by atoms with Crippen molar-refractivity contribution < 1.29 is 19.1 Å². The molecule has 27 heavy (non-hydrogen) atoms. The van der Waals surface area contributed by atoms with Gasteiger partial charge in [-0.25, -0.2) is 14.6 Å². The van der Waals surface area contributed by atoms with Crippen LogP contribution in [0.15, 0.2) is 30.5 Å². The number of rotatable bonds is 2. The zero-order valence-electron chi connectivity index (χ0n) is 16.4. The lowest BCUT2D eigenvalue weighted by molar-refractivity contribution is 0.0430. The molecule has 1 heterocycles. The lowest BCUT2D eigenvalue weighted by Crippen LogP contribution is -2.43. The molecule has 0 fully saturated rings. The second-order valence-electron chi connectivity index (χ2n) is 7.93. The summed E-state index contributed by atoms with van der Waals surface area (Å²) in [4.78, 5) is 31.1. The molecule has 0 aliphatic heterocycles. The van der Waals surface area contributed by atoms with Crippen molar-refractivity contribution >= 4 is 34.3 Å². The van der Waals surface area contributed by atoms with Gasteiger partial charge in [-0.2, -0.15) is 4.90 Å². The minimum atomic E-state index is -0.842. The summed E-state index contributed by atoms with van der Waals surface area (Å²) in [5.74, 6) is 0. The van der Waals surface area contributed by atoms with Crippen LogP contribution in [0.4, 0.5) is 20.4 Å². The number of imide groups is 1. The molecule has 0 aliphatic rings. The molecule has 0 spiro atoms. The summed E-state index contributed by atoms with van der Waals surface area (Å²) in [6, 6.07) is 7.27. The van der Waals surface area contributed by atoms with Crippen LogP contribution in [-0.2, 0) is 9.47 Å². The lowest BCUT2D eigenvalue weighted by atomic mass is 10.2. The van der Waals surface area contributed by atoms with Crippen molar-refractivity contribution in [2.24, 2.45) is 0 Å². The van der Waals surface area contributed by atoms with Crippen LogP contribution in [0.1, 0.15) is 41.5 Å². The molecule has 2 rings (SSSR count). The molecular formula is C19H25N3O4S. The van der Waals surface area contributed by atoms with E-state index in [-0.39, 0.29) is 5.13 Å². The van der Waals surface area contributed by atoms with E-state index in [1.165, 1.54) is 11.3 Å². The normalized spacial score (nSPS) is 11.8. The fraction of sp³-hybridized carbons (Fsp3) is 0.421. The number of hydrogen-bond donors (Lipinski definition) is 1. The zero-order chi connectivity index (χ0) is 20.4. The number of carbonyl (C=O) groups excluding carboxylic acids is 2. The van der Waals surface area contributed by atoms with E-state index in [1.54, 1.807) is 59.9 Å². The predicted octanol–water partition coefficient (Wildman–Crippen LogP) is 5.07. The highest BCUT2D eigenvalue weighted by atomic mass is 32.1. The number of aromatic nitrogens is 1. The molecule has 1 aromatic carbocycles. The van der Waals surface area contributed by atoms with Crippen LogP contribution < -0.4 is 10.6 Å². The quantitative estimate of drug-likeness (QED) is 0.718. The second-order valence-corrected chi connectivity index (χ2v) is 8.94. The number of ether oxygens (including phenoxy) is 2. The Kier molecular flexibility index (Phi) is 5.79. The third-order valence-corrected chi connectivity index (χ3v) is 4.04. The second kappa shape index (κ2) is 7.56. The molecule has 7 nitrogen and oxygen atoms in total. The van der Waals surface area contributed by atoms with Gasteiger partial charge in [0.1, 0.15) is 11.2 Å². The van der Waals surface area contributed by atoms with E-state index < -0.39 is 23.4 Å². The first-order valence-electron chi connectivity index (χ1n) is 8.43. The first kappa shape index (κ1) is 20.7. The van der Waals surface area contributed by atoms with Crippen molar-refractivity contribution in [3.8, 4) is 10.4 Å². The van der Waals surface area contributed by atoms with E-state index in [1.807, 2.05) is 12.1 Å². The highest BCUT2D eigenvalue weighted by molar-refractivity contribution is 7.19. The Hall–Kier alpha value is -2.61. The number of hydrogen-bond acceptors (Lipinski definition) is 7. The summed E-state index contributed by atoms with van der Waals surface area (Å²) < 4.78 is 10.7. The van der Waals surface area contributed by atoms with Gasteiger partial charge in [0, 0.05) is 11.9 Å². The van der Waals surface area contributed by atoms with Crippen LogP contribution in [-0.4, -0.2) is 28.4 Å². The summed E-state index contributed by atoms with van der Waals surface area (Å²) in [5.41, 5.74) is 5.73. The number of thiazole rings is 1. The summed E-state index contributed by atoms with van der Waals surface area (Å²) in [6.45, 7) is 10.3. The first-order chi connectivity index (χ1) is 12.4. The maximum Gasteiger partial charge on any atom is 0.426 e. The van der Waals surface area contributed by atoms with Crippen LogP contribution in [0.2, 0.25) is 0 Å². The largest absolute Gasteiger partial charge is 0.443 e. The zero-order valence-corrected chi connectivity index (χ0v) is 17.2. The van der Waals surface area contributed by atoms with Crippen molar-refractivity contribution in [2.45, 2.75) is 52.7 Å². The van der Waals surface area contributed by atoms with Crippen molar-refractivity contribution in [1.29, 1.82) is 0 Å². The molecule has 0 saturated heterocycles. The number of nitrogen functional groups attached to an aromatic ring is 1. The summed E-state index contributed by atoms with van der Waals surface area (Å²) >= 11 is 1.17. The summed E-state index contributed by atoms with van der Waals surface area (Å²) in [5, 5.41) is 0.163. The van der Waals surface area contributed by atoms with E-state index in [0.717, 1.165) is 15.3 Å². The Morgan fingerprint density at radius 1 is 1.04 bits per heavy atom. The van der Waals surface area contributed by atoms with Crippen LogP contribution in [0, 0.1) is 0 Å². The average Bonchev–Trinajstić information content (AvgIpc) is 2.92. The summed E-state index contributed by atoms with van der Waals surface area (Å²) in [6.07, 6.45) is -0.105. The van der Waals surface area contributed by atoms with Crippen molar-refractivity contribution in [3.05, 3.63) is 30.5 Å². The van der Waals surface area contributed by atoms with Crippen molar-refractivity contribution in [2.75, 3.05) is 10.6 Å². The van der Waals surface area contributed by atoms with E-state index in [4.69, 9.17) is 15.2 Å². The van der Waals surface area contributed by atoms with Crippen molar-refractivity contribution in [1.82, 2.24) is 4.98 Å². The molecule has 0 saturated carbocycles. The Morgan fingerprint density at radius 3 is 2.07 bits per heavy atom. The summed E-state index contributed by atoms with van der Waals surface area (Å²) in [7, 11) is 0. The first-order valence-corrected chi connectivity index (χ1v) is 9.25. The molecule has 2 N–H and O–H groups in total. The van der Waals surface area contributed by atoms with Crippen LogP contribution >= 0.6 is 11.3 Å². The number of amides is 2.